The molecule has 2 aromatic rings. The highest BCUT2D eigenvalue weighted by molar-refractivity contribution is 7.92. The number of anilines is 2. The number of rotatable bonds is 4. The maximum atomic E-state index is 12.7. The molecule has 1 atom stereocenters. The van der Waals surface area contributed by atoms with E-state index in [-0.39, 0.29) is 10.8 Å². The lowest BCUT2D eigenvalue weighted by molar-refractivity contribution is -0.122. The zero-order valence-electron chi connectivity index (χ0n) is 14.0. The molecule has 0 radical (unpaired) electrons. The van der Waals surface area contributed by atoms with Crippen LogP contribution in [0.5, 0.6) is 11.5 Å². The maximum absolute atomic E-state index is 12.7. The molecular weight excluding hydrogens is 344 g/mol. The fourth-order valence-electron chi connectivity index (χ4n) is 2.46. The van der Waals surface area contributed by atoms with Crippen molar-refractivity contribution in [3.63, 3.8) is 0 Å². The predicted octanol–water partition coefficient (Wildman–Crippen LogP) is 2.52. The topological polar surface area (TPSA) is 93.7 Å². The largest absolute Gasteiger partial charge is 0.495 e. The number of hydrogen-bond donors (Lipinski definition) is 2. The van der Waals surface area contributed by atoms with Crippen LogP contribution >= 0.6 is 0 Å². The number of carbonyl (C=O) groups excluding carboxylic acids is 1. The van der Waals surface area contributed by atoms with Crippen molar-refractivity contribution in [1.82, 2.24) is 0 Å². The lowest BCUT2D eigenvalue weighted by Gasteiger charge is -2.23. The third-order valence-electron chi connectivity index (χ3n) is 3.79. The average Bonchev–Trinajstić information content (AvgIpc) is 2.55. The summed E-state index contributed by atoms with van der Waals surface area (Å²) in [5.41, 5.74) is 1.55. The van der Waals surface area contributed by atoms with Gasteiger partial charge < -0.3 is 14.8 Å². The summed E-state index contributed by atoms with van der Waals surface area (Å²) in [5.74, 6) is 0.521. The average molecular weight is 362 g/mol. The number of amides is 1. The Balaban J connectivity index is 1.95. The number of fused-ring (bicyclic) bond motifs is 1. The number of benzene rings is 2. The summed E-state index contributed by atoms with van der Waals surface area (Å²) >= 11 is 0. The van der Waals surface area contributed by atoms with Crippen molar-refractivity contribution < 1.29 is 22.7 Å². The molecule has 0 saturated carbocycles. The van der Waals surface area contributed by atoms with Crippen molar-refractivity contribution in [3.8, 4) is 11.5 Å². The van der Waals surface area contributed by atoms with Gasteiger partial charge in [0.25, 0.3) is 15.9 Å². The molecule has 132 valence electrons. The van der Waals surface area contributed by atoms with Crippen LogP contribution in [-0.2, 0) is 14.8 Å². The molecule has 2 aromatic carbocycles. The van der Waals surface area contributed by atoms with Crippen LogP contribution in [0.2, 0.25) is 0 Å². The van der Waals surface area contributed by atoms with Crippen molar-refractivity contribution in [1.29, 1.82) is 0 Å². The molecule has 0 bridgehead atoms. The van der Waals surface area contributed by atoms with Gasteiger partial charge in [-0.15, -0.1) is 0 Å². The van der Waals surface area contributed by atoms with E-state index in [2.05, 4.69) is 10.0 Å². The lowest BCUT2D eigenvalue weighted by Crippen LogP contribution is -2.34. The van der Waals surface area contributed by atoms with Gasteiger partial charge in [-0.1, -0.05) is 6.07 Å². The molecule has 1 aliphatic heterocycles. The van der Waals surface area contributed by atoms with Crippen LogP contribution in [0, 0.1) is 6.92 Å². The summed E-state index contributed by atoms with van der Waals surface area (Å²) in [7, 11) is -2.40. The SMILES string of the molecule is COc1ccc(C)cc1NS(=O)(=O)c1ccc2c(c1)NC(=O)C(C)O2. The number of methoxy groups -OCH3 is 1. The van der Waals surface area contributed by atoms with E-state index in [9.17, 15) is 13.2 Å². The Morgan fingerprint density at radius 3 is 2.68 bits per heavy atom. The van der Waals surface area contributed by atoms with E-state index in [0.717, 1.165) is 5.56 Å². The smallest absolute Gasteiger partial charge is 0.265 e. The quantitative estimate of drug-likeness (QED) is 0.872. The van der Waals surface area contributed by atoms with Crippen molar-refractivity contribution in [2.75, 3.05) is 17.1 Å². The summed E-state index contributed by atoms with van der Waals surface area (Å²) in [5, 5.41) is 2.64. The van der Waals surface area contributed by atoms with Crippen LogP contribution in [-0.4, -0.2) is 27.5 Å². The van der Waals surface area contributed by atoms with E-state index in [1.807, 2.05) is 13.0 Å². The van der Waals surface area contributed by atoms with Gasteiger partial charge in [0.2, 0.25) is 0 Å². The van der Waals surface area contributed by atoms with Crippen LogP contribution in [0.3, 0.4) is 0 Å². The first-order chi connectivity index (χ1) is 11.8. The van der Waals surface area contributed by atoms with Gasteiger partial charge in [-0.3, -0.25) is 9.52 Å². The molecule has 1 heterocycles. The minimum absolute atomic E-state index is 0.00765. The Morgan fingerprint density at radius 2 is 1.96 bits per heavy atom. The molecule has 1 amide bonds. The van der Waals surface area contributed by atoms with E-state index in [4.69, 9.17) is 9.47 Å². The third kappa shape index (κ3) is 3.39. The Kier molecular flexibility index (Phi) is 4.30. The summed E-state index contributed by atoms with van der Waals surface area (Å²) in [6, 6.07) is 9.51. The van der Waals surface area contributed by atoms with Gasteiger partial charge in [-0.05, 0) is 49.7 Å². The zero-order valence-corrected chi connectivity index (χ0v) is 14.8. The molecule has 0 saturated heterocycles. The van der Waals surface area contributed by atoms with Crippen molar-refractivity contribution in [2.24, 2.45) is 0 Å². The first kappa shape index (κ1) is 17.1. The number of sulfonamides is 1. The minimum atomic E-state index is -3.86. The van der Waals surface area contributed by atoms with Crippen LogP contribution < -0.4 is 19.5 Å². The highest BCUT2D eigenvalue weighted by Gasteiger charge is 2.26. The van der Waals surface area contributed by atoms with Crippen molar-refractivity contribution in [2.45, 2.75) is 24.8 Å². The van der Waals surface area contributed by atoms with E-state index >= 15 is 0 Å². The summed E-state index contributed by atoms with van der Waals surface area (Å²) in [6.45, 7) is 3.47. The fraction of sp³-hybridized carbons (Fsp3) is 0.235. The maximum Gasteiger partial charge on any atom is 0.265 e. The lowest BCUT2D eigenvalue weighted by atomic mass is 10.2. The van der Waals surface area contributed by atoms with Crippen molar-refractivity contribution >= 4 is 27.3 Å². The molecule has 0 fully saturated rings. The summed E-state index contributed by atoms with van der Waals surface area (Å²) in [4.78, 5) is 11.7. The molecule has 0 aromatic heterocycles. The third-order valence-corrected chi connectivity index (χ3v) is 5.15. The Bertz CT molecular complexity index is 940. The molecule has 8 heteroatoms. The van der Waals surface area contributed by atoms with Gasteiger partial charge in [0.05, 0.1) is 23.4 Å². The number of carbonyl (C=O) groups is 1. The standard InChI is InChI=1S/C17H18N2O5S/c1-10-4-6-15(23-3)14(8-10)19-25(21,22)12-5-7-16-13(9-12)18-17(20)11(2)24-16/h4-9,11,19H,1-3H3,(H,18,20). The molecule has 2 N–H and O–H groups in total. The van der Waals surface area contributed by atoms with Gasteiger partial charge in [0.15, 0.2) is 6.10 Å². The first-order valence-corrected chi connectivity index (χ1v) is 9.07. The highest BCUT2D eigenvalue weighted by Crippen LogP contribution is 2.33. The number of hydrogen-bond acceptors (Lipinski definition) is 5. The van der Waals surface area contributed by atoms with Crippen LogP contribution in [0.1, 0.15) is 12.5 Å². The normalized spacial score (nSPS) is 16.4. The molecule has 3 rings (SSSR count). The van der Waals surface area contributed by atoms with Crippen LogP contribution in [0.25, 0.3) is 0 Å². The fourth-order valence-corrected chi connectivity index (χ4v) is 3.55. The molecule has 0 spiro atoms. The first-order valence-electron chi connectivity index (χ1n) is 7.59. The zero-order chi connectivity index (χ0) is 18.2. The Hall–Kier alpha value is -2.74. The molecule has 1 aliphatic rings. The Labute approximate surface area is 146 Å². The summed E-state index contributed by atoms with van der Waals surface area (Å²) < 4.78 is 38.5. The number of aryl methyl sites for hydroxylation is 1. The molecule has 25 heavy (non-hydrogen) atoms. The minimum Gasteiger partial charge on any atom is -0.495 e. The van der Waals surface area contributed by atoms with Gasteiger partial charge in [-0.25, -0.2) is 8.42 Å². The van der Waals surface area contributed by atoms with Gasteiger partial charge in [-0.2, -0.15) is 0 Å². The second-order valence-electron chi connectivity index (χ2n) is 5.72. The van der Waals surface area contributed by atoms with Gasteiger partial charge in [0.1, 0.15) is 11.5 Å². The Morgan fingerprint density at radius 1 is 1.20 bits per heavy atom. The van der Waals surface area contributed by atoms with Crippen molar-refractivity contribution in [3.05, 3.63) is 42.0 Å². The predicted molar refractivity (Wildman–Crippen MR) is 93.7 cm³/mol. The second-order valence-corrected chi connectivity index (χ2v) is 7.40. The van der Waals surface area contributed by atoms with E-state index < -0.39 is 16.1 Å². The van der Waals surface area contributed by atoms with Crippen LogP contribution in [0.4, 0.5) is 11.4 Å². The van der Waals surface area contributed by atoms with E-state index in [0.29, 0.717) is 22.9 Å². The molecular formula is C17H18N2O5S. The van der Waals surface area contributed by atoms with E-state index in [1.54, 1.807) is 19.1 Å². The molecule has 7 nitrogen and oxygen atoms in total. The number of ether oxygens (including phenoxy) is 2. The van der Waals surface area contributed by atoms with E-state index in [1.165, 1.54) is 25.3 Å². The highest BCUT2D eigenvalue weighted by atomic mass is 32.2. The number of nitrogens with one attached hydrogen (secondary N) is 2. The second kappa shape index (κ2) is 6.29. The summed E-state index contributed by atoms with van der Waals surface area (Å²) in [6.07, 6.45) is -0.621. The molecule has 0 aliphatic carbocycles. The molecule has 1 unspecified atom stereocenters. The van der Waals surface area contributed by atoms with Gasteiger partial charge >= 0.3 is 0 Å². The van der Waals surface area contributed by atoms with Crippen LogP contribution in [0.15, 0.2) is 41.3 Å². The monoisotopic (exact) mass is 362 g/mol. The van der Waals surface area contributed by atoms with Gasteiger partial charge in [0, 0.05) is 0 Å².